The first-order valence-corrected chi connectivity index (χ1v) is 7.08. The van der Waals surface area contributed by atoms with E-state index in [0.29, 0.717) is 6.42 Å². The quantitative estimate of drug-likeness (QED) is 0.503. The fraction of sp³-hybridized carbons (Fsp3) is 0.857. The zero-order valence-electron chi connectivity index (χ0n) is 12.1. The van der Waals surface area contributed by atoms with E-state index in [-0.39, 0.29) is 18.9 Å². The van der Waals surface area contributed by atoms with E-state index in [1.165, 1.54) is 26.2 Å². The van der Waals surface area contributed by atoms with Crippen LogP contribution in [0.25, 0.3) is 0 Å². The van der Waals surface area contributed by atoms with Gasteiger partial charge in [-0.3, -0.25) is 9.59 Å². The van der Waals surface area contributed by atoms with Gasteiger partial charge in [0.1, 0.15) is 0 Å². The largest absolute Gasteiger partial charge is 0.481 e. The van der Waals surface area contributed by atoms with Crippen LogP contribution in [0, 0.1) is 0 Å². The van der Waals surface area contributed by atoms with Gasteiger partial charge in [0.2, 0.25) is 5.91 Å². The summed E-state index contributed by atoms with van der Waals surface area (Å²) in [6.07, 6.45) is 6.77. The third kappa shape index (κ3) is 11.7. The van der Waals surface area contributed by atoms with Crippen LogP contribution in [0.5, 0.6) is 0 Å². The van der Waals surface area contributed by atoms with Gasteiger partial charge in [-0.2, -0.15) is 0 Å². The number of aliphatic carboxylic acids is 1. The summed E-state index contributed by atoms with van der Waals surface area (Å²) in [6, 6.07) is 0. The van der Waals surface area contributed by atoms with Crippen molar-refractivity contribution in [3.05, 3.63) is 0 Å². The molecule has 0 fully saturated rings. The molecule has 1 unspecified atom stereocenters. The monoisotopic (exact) mass is 273 g/mol. The molecule has 0 aliphatic heterocycles. The highest BCUT2D eigenvalue weighted by molar-refractivity contribution is 5.76. The van der Waals surface area contributed by atoms with E-state index in [4.69, 9.17) is 5.11 Å². The number of hydrogen-bond acceptors (Lipinski definition) is 3. The van der Waals surface area contributed by atoms with Gasteiger partial charge in [-0.05, 0) is 13.3 Å². The molecule has 0 spiro atoms. The van der Waals surface area contributed by atoms with Crippen molar-refractivity contribution in [2.75, 3.05) is 6.54 Å². The summed E-state index contributed by atoms with van der Waals surface area (Å²) in [5.74, 6) is -1.20. The Balaban J connectivity index is 3.61. The molecule has 0 aliphatic rings. The highest BCUT2D eigenvalue weighted by Gasteiger charge is 2.24. The zero-order chi connectivity index (χ0) is 14.7. The Bertz CT molecular complexity index is 277. The highest BCUT2D eigenvalue weighted by Crippen LogP contribution is 2.09. The van der Waals surface area contributed by atoms with Gasteiger partial charge < -0.3 is 15.5 Å². The van der Waals surface area contributed by atoms with Crippen molar-refractivity contribution in [2.45, 2.75) is 70.8 Å². The van der Waals surface area contributed by atoms with Crippen LogP contribution in [0.2, 0.25) is 0 Å². The van der Waals surface area contributed by atoms with Crippen molar-refractivity contribution >= 4 is 11.9 Å². The van der Waals surface area contributed by atoms with Gasteiger partial charge in [-0.25, -0.2) is 0 Å². The molecule has 0 aromatic heterocycles. The molecule has 112 valence electrons. The summed E-state index contributed by atoms with van der Waals surface area (Å²) in [4.78, 5) is 22.0. The number of nitrogens with one attached hydrogen (secondary N) is 1. The lowest BCUT2D eigenvalue weighted by Gasteiger charge is -2.21. The predicted octanol–water partition coefficient (Wildman–Crippen LogP) is 2.08. The Morgan fingerprint density at radius 2 is 1.68 bits per heavy atom. The van der Waals surface area contributed by atoms with Crippen LogP contribution in [-0.2, 0) is 9.59 Å². The van der Waals surface area contributed by atoms with Gasteiger partial charge in [-0.15, -0.1) is 0 Å². The summed E-state index contributed by atoms with van der Waals surface area (Å²) in [5, 5.41) is 20.9. The molecule has 0 heterocycles. The van der Waals surface area contributed by atoms with Gasteiger partial charge in [0, 0.05) is 13.0 Å². The number of carbonyl (C=O) groups is 2. The summed E-state index contributed by atoms with van der Waals surface area (Å²) in [6.45, 7) is 3.55. The second kappa shape index (κ2) is 9.78. The molecule has 0 aromatic carbocycles. The first-order valence-electron chi connectivity index (χ1n) is 7.08. The molecule has 3 N–H and O–H groups in total. The van der Waals surface area contributed by atoms with E-state index in [1.807, 2.05) is 0 Å². The van der Waals surface area contributed by atoms with E-state index in [0.717, 1.165) is 19.3 Å². The maximum absolute atomic E-state index is 11.5. The molecular weight excluding hydrogens is 246 g/mol. The van der Waals surface area contributed by atoms with Crippen molar-refractivity contribution in [1.29, 1.82) is 0 Å². The number of amides is 1. The summed E-state index contributed by atoms with van der Waals surface area (Å²) in [7, 11) is 0. The third-order valence-corrected chi connectivity index (χ3v) is 2.96. The molecular formula is C14H27NO4. The number of aliphatic hydroxyl groups is 1. The van der Waals surface area contributed by atoms with Gasteiger partial charge >= 0.3 is 5.97 Å². The molecule has 0 aromatic rings. The summed E-state index contributed by atoms with van der Waals surface area (Å²) in [5.41, 5.74) is -1.39. The summed E-state index contributed by atoms with van der Waals surface area (Å²) < 4.78 is 0. The molecule has 5 nitrogen and oxygen atoms in total. The van der Waals surface area contributed by atoms with Crippen LogP contribution in [0.15, 0.2) is 0 Å². The van der Waals surface area contributed by atoms with E-state index in [1.54, 1.807) is 0 Å². The van der Waals surface area contributed by atoms with Crippen LogP contribution in [0.1, 0.15) is 65.2 Å². The minimum atomic E-state index is -1.39. The lowest BCUT2D eigenvalue weighted by Crippen LogP contribution is -2.42. The van der Waals surface area contributed by atoms with Gasteiger partial charge in [-0.1, -0.05) is 39.0 Å². The molecule has 0 saturated heterocycles. The minimum absolute atomic E-state index is 0.0199. The third-order valence-electron chi connectivity index (χ3n) is 2.96. The average molecular weight is 273 g/mol. The van der Waals surface area contributed by atoms with Crippen molar-refractivity contribution < 1.29 is 19.8 Å². The number of carbonyl (C=O) groups excluding carboxylic acids is 1. The van der Waals surface area contributed by atoms with Crippen molar-refractivity contribution in [3.8, 4) is 0 Å². The Labute approximate surface area is 115 Å². The molecule has 0 radical (unpaired) electrons. The Hall–Kier alpha value is -1.10. The molecule has 5 heteroatoms. The average Bonchev–Trinajstić information content (AvgIpc) is 2.29. The Kier molecular flexibility index (Phi) is 9.21. The molecule has 0 rings (SSSR count). The second-order valence-electron chi connectivity index (χ2n) is 5.36. The normalized spacial score (nSPS) is 13.8. The van der Waals surface area contributed by atoms with Crippen LogP contribution in [-0.4, -0.2) is 34.2 Å². The molecule has 0 saturated carbocycles. The Morgan fingerprint density at radius 3 is 2.26 bits per heavy atom. The first-order chi connectivity index (χ1) is 8.87. The minimum Gasteiger partial charge on any atom is -0.481 e. The second-order valence-corrected chi connectivity index (χ2v) is 5.36. The van der Waals surface area contributed by atoms with E-state index in [9.17, 15) is 14.7 Å². The van der Waals surface area contributed by atoms with Crippen molar-refractivity contribution in [2.24, 2.45) is 0 Å². The van der Waals surface area contributed by atoms with Crippen molar-refractivity contribution in [1.82, 2.24) is 5.32 Å². The highest BCUT2D eigenvalue weighted by atomic mass is 16.4. The van der Waals surface area contributed by atoms with Crippen molar-refractivity contribution in [3.63, 3.8) is 0 Å². The molecule has 0 bridgehead atoms. The number of unbranched alkanes of at least 4 members (excludes halogenated alkanes) is 5. The van der Waals surface area contributed by atoms with E-state index >= 15 is 0 Å². The SMILES string of the molecule is CCCCCCCCC(=O)NCC(C)(O)CC(=O)O. The Morgan fingerprint density at radius 1 is 1.11 bits per heavy atom. The number of hydrogen-bond donors (Lipinski definition) is 3. The van der Waals surface area contributed by atoms with Gasteiger partial charge in [0.25, 0.3) is 0 Å². The zero-order valence-corrected chi connectivity index (χ0v) is 12.1. The molecule has 1 amide bonds. The maximum atomic E-state index is 11.5. The fourth-order valence-corrected chi connectivity index (χ4v) is 1.83. The smallest absolute Gasteiger partial charge is 0.306 e. The first kappa shape index (κ1) is 17.9. The van der Waals surface area contributed by atoms with Gasteiger partial charge in [0.15, 0.2) is 0 Å². The van der Waals surface area contributed by atoms with Crippen LogP contribution in [0.3, 0.4) is 0 Å². The molecule has 0 aliphatic carbocycles. The van der Waals surface area contributed by atoms with E-state index in [2.05, 4.69) is 12.2 Å². The van der Waals surface area contributed by atoms with Crippen LogP contribution < -0.4 is 5.32 Å². The fourth-order valence-electron chi connectivity index (χ4n) is 1.83. The van der Waals surface area contributed by atoms with Crippen LogP contribution >= 0.6 is 0 Å². The van der Waals surface area contributed by atoms with Crippen LogP contribution in [0.4, 0.5) is 0 Å². The molecule has 19 heavy (non-hydrogen) atoms. The van der Waals surface area contributed by atoms with E-state index < -0.39 is 11.6 Å². The number of carboxylic acid groups (broad SMARTS) is 1. The lowest BCUT2D eigenvalue weighted by atomic mass is 10.0. The maximum Gasteiger partial charge on any atom is 0.306 e. The predicted molar refractivity (Wildman–Crippen MR) is 73.9 cm³/mol. The van der Waals surface area contributed by atoms with Gasteiger partial charge in [0.05, 0.1) is 12.0 Å². The molecule has 1 atom stereocenters. The standard InChI is InChI=1S/C14H27NO4/c1-3-4-5-6-7-8-9-12(16)15-11-14(2,19)10-13(17)18/h19H,3-11H2,1-2H3,(H,15,16)(H,17,18). The lowest BCUT2D eigenvalue weighted by molar-refractivity contribution is -0.142. The number of rotatable bonds is 11. The topological polar surface area (TPSA) is 86.6 Å². The number of carboxylic acids is 1. The summed E-state index contributed by atoms with van der Waals surface area (Å²) >= 11 is 0.